The average molecular weight is 562 g/mol. The van der Waals surface area contributed by atoms with Crippen LogP contribution in [0, 0.1) is 10.1 Å². The van der Waals surface area contributed by atoms with Gasteiger partial charge in [0.1, 0.15) is 4.90 Å². The maximum atomic E-state index is 13.7. The molecule has 180 valence electrons. The van der Waals surface area contributed by atoms with Gasteiger partial charge in [-0.1, -0.05) is 40.2 Å². The van der Waals surface area contributed by atoms with Crippen LogP contribution in [0.3, 0.4) is 0 Å². The number of nitro groups is 1. The summed E-state index contributed by atoms with van der Waals surface area (Å²) in [5, 5.41) is 11.9. The minimum Gasteiger partial charge on any atom is -0.367 e. The topological polar surface area (TPSA) is 127 Å². The lowest BCUT2D eigenvalue weighted by molar-refractivity contribution is -0.385. The number of halogens is 1. The van der Waals surface area contributed by atoms with Gasteiger partial charge in [-0.05, 0) is 23.6 Å². The molecule has 1 aliphatic heterocycles. The van der Waals surface area contributed by atoms with Gasteiger partial charge in [0.05, 0.1) is 23.5 Å². The molecule has 3 rings (SSSR count). The van der Waals surface area contributed by atoms with Crippen molar-refractivity contribution in [2.75, 3.05) is 42.7 Å². The molecular formula is C20H24BrN3O7S2. The third-order valence-electron chi connectivity index (χ3n) is 5.22. The third kappa shape index (κ3) is 6.29. The molecule has 1 aliphatic rings. The van der Waals surface area contributed by atoms with Gasteiger partial charge >= 0.3 is 0 Å². The largest absolute Gasteiger partial charge is 0.367 e. The number of non-ortho nitro benzene ring substituents is 1. The molecule has 2 aromatic rings. The van der Waals surface area contributed by atoms with Gasteiger partial charge in [-0.2, -0.15) is 12.7 Å². The molecule has 0 spiro atoms. The number of hydrogen-bond donors (Lipinski definition) is 0. The predicted molar refractivity (Wildman–Crippen MR) is 128 cm³/mol. The third-order valence-corrected chi connectivity index (χ3v) is 8.05. The fourth-order valence-corrected chi connectivity index (χ4v) is 6.11. The summed E-state index contributed by atoms with van der Waals surface area (Å²) in [5.74, 6) is 0. The lowest BCUT2D eigenvalue weighted by atomic mass is 10.0. The number of nitrogens with zero attached hydrogens (tertiary/aromatic N) is 3. The van der Waals surface area contributed by atoms with Gasteiger partial charge < -0.3 is 4.90 Å². The van der Waals surface area contributed by atoms with E-state index in [1.165, 1.54) is 16.4 Å². The summed E-state index contributed by atoms with van der Waals surface area (Å²) in [6, 6.07) is 11.2. The summed E-state index contributed by atoms with van der Waals surface area (Å²) in [7, 11) is -7.77. The molecule has 0 atom stereocenters. The number of rotatable bonds is 10. The monoisotopic (exact) mass is 561 g/mol. The second-order valence-electron chi connectivity index (χ2n) is 7.47. The molecule has 33 heavy (non-hydrogen) atoms. The molecule has 0 aromatic heterocycles. The molecule has 0 radical (unpaired) electrons. The molecule has 10 nitrogen and oxygen atoms in total. The highest BCUT2D eigenvalue weighted by molar-refractivity contribution is 9.09. The summed E-state index contributed by atoms with van der Waals surface area (Å²) >= 11 is 3.32. The van der Waals surface area contributed by atoms with Gasteiger partial charge in [-0.25, -0.2) is 8.42 Å². The number of benzene rings is 2. The Bertz CT molecular complexity index is 1240. The van der Waals surface area contributed by atoms with Crippen molar-refractivity contribution >= 4 is 47.4 Å². The van der Waals surface area contributed by atoms with E-state index in [4.69, 9.17) is 4.18 Å². The van der Waals surface area contributed by atoms with Gasteiger partial charge in [0.2, 0.25) is 10.0 Å². The highest BCUT2D eigenvalue weighted by Gasteiger charge is 2.33. The zero-order chi connectivity index (χ0) is 24.2. The standard InChI is InChI=1S/C20H24BrN3O7S2/c1-32(27,28)31-13-12-22(11-9-21)19-7-6-18(24(25)26)14-20(19)33(29,30)23-10-8-16-4-2-3-5-17(16)15-23/h2-7,14H,8-13,15H2,1H3. The Balaban J connectivity index is 2.01. The van der Waals surface area contributed by atoms with E-state index >= 15 is 0 Å². The Kier molecular flexibility index (Phi) is 8.11. The second kappa shape index (κ2) is 10.5. The molecule has 0 N–H and O–H groups in total. The Labute approximate surface area is 201 Å². The summed E-state index contributed by atoms with van der Waals surface area (Å²) in [4.78, 5) is 12.2. The number of nitro benzene ring substituents is 1. The van der Waals surface area contributed by atoms with Gasteiger partial charge in [0.15, 0.2) is 0 Å². The van der Waals surface area contributed by atoms with E-state index in [-0.39, 0.29) is 42.5 Å². The summed E-state index contributed by atoms with van der Waals surface area (Å²) in [5.41, 5.74) is 1.86. The lowest BCUT2D eigenvalue weighted by Gasteiger charge is -2.31. The first-order valence-electron chi connectivity index (χ1n) is 10.0. The SMILES string of the molecule is CS(=O)(=O)OCCN(CCBr)c1ccc([N+](=O)[O-])cc1S(=O)(=O)N1CCc2ccccc2C1. The van der Waals surface area contributed by atoms with Crippen LogP contribution in [0.4, 0.5) is 11.4 Å². The average Bonchev–Trinajstić information content (AvgIpc) is 2.77. The Morgan fingerprint density at radius 1 is 1.12 bits per heavy atom. The van der Waals surface area contributed by atoms with Crippen LogP contribution < -0.4 is 4.90 Å². The minimum atomic E-state index is -4.10. The molecule has 2 aromatic carbocycles. The van der Waals surface area contributed by atoms with E-state index in [1.54, 1.807) is 4.90 Å². The maximum Gasteiger partial charge on any atom is 0.270 e. The summed E-state index contributed by atoms with van der Waals surface area (Å²) < 4.78 is 56.1. The van der Waals surface area contributed by atoms with Crippen LogP contribution >= 0.6 is 15.9 Å². The number of sulfonamides is 1. The molecule has 0 bridgehead atoms. The number of hydrogen-bond acceptors (Lipinski definition) is 8. The van der Waals surface area contributed by atoms with Crippen LogP contribution in [0.25, 0.3) is 0 Å². The molecule has 0 fully saturated rings. The lowest BCUT2D eigenvalue weighted by Crippen LogP contribution is -2.38. The number of anilines is 1. The van der Waals surface area contributed by atoms with Crippen molar-refractivity contribution in [3.63, 3.8) is 0 Å². The molecular weight excluding hydrogens is 538 g/mol. The van der Waals surface area contributed by atoms with E-state index in [2.05, 4.69) is 15.9 Å². The first kappa shape index (κ1) is 25.6. The van der Waals surface area contributed by atoms with E-state index in [1.807, 2.05) is 24.3 Å². The van der Waals surface area contributed by atoms with E-state index in [0.29, 0.717) is 18.3 Å². The Morgan fingerprint density at radius 3 is 2.45 bits per heavy atom. The second-order valence-corrected chi connectivity index (χ2v) is 11.8. The summed E-state index contributed by atoms with van der Waals surface area (Å²) in [6.45, 7) is 0.616. The smallest absolute Gasteiger partial charge is 0.270 e. The maximum absolute atomic E-state index is 13.7. The fourth-order valence-electron chi connectivity index (χ4n) is 3.65. The first-order chi connectivity index (χ1) is 15.5. The molecule has 0 amide bonds. The van der Waals surface area contributed by atoms with Crippen molar-refractivity contribution in [1.82, 2.24) is 4.31 Å². The summed E-state index contributed by atoms with van der Waals surface area (Å²) in [6.07, 6.45) is 1.46. The Morgan fingerprint density at radius 2 is 1.82 bits per heavy atom. The fraction of sp³-hybridized carbons (Fsp3) is 0.400. The van der Waals surface area contributed by atoms with Crippen molar-refractivity contribution in [1.29, 1.82) is 0 Å². The van der Waals surface area contributed by atoms with Gasteiger partial charge in [-0.3, -0.25) is 14.3 Å². The minimum absolute atomic E-state index is 0.0713. The van der Waals surface area contributed by atoms with Crippen LogP contribution in [-0.2, 0) is 37.3 Å². The molecule has 0 aliphatic carbocycles. The molecule has 0 saturated carbocycles. The van der Waals surface area contributed by atoms with Crippen LogP contribution in [0.15, 0.2) is 47.4 Å². The first-order valence-corrected chi connectivity index (χ1v) is 14.4. The quantitative estimate of drug-likeness (QED) is 0.187. The zero-order valence-corrected chi connectivity index (χ0v) is 21.1. The molecule has 0 unspecified atom stereocenters. The van der Waals surface area contributed by atoms with Crippen molar-refractivity contribution in [2.24, 2.45) is 0 Å². The Hall–Kier alpha value is -2.06. The predicted octanol–water partition coefficient (Wildman–Crippen LogP) is 2.52. The van der Waals surface area contributed by atoms with E-state index in [9.17, 15) is 26.9 Å². The van der Waals surface area contributed by atoms with Crippen LogP contribution in [0.1, 0.15) is 11.1 Å². The molecule has 1 heterocycles. The van der Waals surface area contributed by atoms with Crippen molar-refractivity contribution in [2.45, 2.75) is 17.9 Å². The van der Waals surface area contributed by atoms with Crippen molar-refractivity contribution < 1.29 is 25.9 Å². The number of fused-ring (bicyclic) bond motifs is 1. The van der Waals surface area contributed by atoms with Gasteiger partial charge in [-0.15, -0.1) is 0 Å². The highest BCUT2D eigenvalue weighted by Crippen LogP contribution is 2.34. The van der Waals surface area contributed by atoms with E-state index < -0.39 is 25.1 Å². The van der Waals surface area contributed by atoms with Gasteiger partial charge in [0.25, 0.3) is 15.8 Å². The van der Waals surface area contributed by atoms with Gasteiger partial charge in [0, 0.05) is 43.6 Å². The van der Waals surface area contributed by atoms with Crippen molar-refractivity contribution in [3.8, 4) is 0 Å². The van der Waals surface area contributed by atoms with Crippen LogP contribution in [0.2, 0.25) is 0 Å². The van der Waals surface area contributed by atoms with Crippen LogP contribution in [0.5, 0.6) is 0 Å². The van der Waals surface area contributed by atoms with Crippen LogP contribution in [-0.4, -0.2) is 63.9 Å². The zero-order valence-electron chi connectivity index (χ0n) is 17.9. The molecule has 13 heteroatoms. The van der Waals surface area contributed by atoms with Crippen molar-refractivity contribution in [3.05, 3.63) is 63.7 Å². The number of alkyl halides is 1. The normalized spacial score (nSPS) is 14.6. The van der Waals surface area contributed by atoms with E-state index in [0.717, 1.165) is 23.4 Å². The molecule has 0 saturated heterocycles. The highest BCUT2D eigenvalue weighted by atomic mass is 79.9.